The van der Waals surface area contributed by atoms with E-state index < -0.39 is 11.9 Å². The predicted octanol–water partition coefficient (Wildman–Crippen LogP) is 2.45. The number of aliphatic hydroxyl groups excluding tert-OH is 1. The van der Waals surface area contributed by atoms with Crippen LogP contribution in [0.3, 0.4) is 0 Å². The van der Waals surface area contributed by atoms with Gasteiger partial charge in [0, 0.05) is 24.4 Å². The highest BCUT2D eigenvalue weighted by Gasteiger charge is 2.40. The number of fused-ring (bicyclic) bond motifs is 1. The zero-order valence-corrected chi connectivity index (χ0v) is 9.35. The Bertz CT molecular complexity index is 591. The van der Waals surface area contributed by atoms with Gasteiger partial charge in [0.15, 0.2) is 5.69 Å². The van der Waals surface area contributed by atoms with Gasteiger partial charge in [-0.05, 0) is 24.5 Å². The number of rotatable bonds is 2. The molecule has 18 heavy (non-hydrogen) atoms. The number of halogens is 3. The molecule has 0 bridgehead atoms. The highest BCUT2D eigenvalue weighted by molar-refractivity contribution is 5.44. The Morgan fingerprint density at radius 1 is 1.39 bits per heavy atom. The molecule has 3 nitrogen and oxygen atoms in total. The lowest BCUT2D eigenvalue weighted by Crippen LogP contribution is -2.04. The van der Waals surface area contributed by atoms with Gasteiger partial charge >= 0.3 is 6.18 Å². The van der Waals surface area contributed by atoms with Crippen molar-refractivity contribution in [1.82, 2.24) is 9.38 Å². The normalized spacial score (nSPS) is 23.6. The van der Waals surface area contributed by atoms with Crippen molar-refractivity contribution >= 4 is 5.65 Å². The average Bonchev–Trinajstić information content (AvgIpc) is 2.95. The Balaban J connectivity index is 2.08. The molecule has 0 spiro atoms. The summed E-state index contributed by atoms with van der Waals surface area (Å²) in [5.74, 6) is 0.293. The Labute approximate surface area is 101 Å². The van der Waals surface area contributed by atoms with Crippen molar-refractivity contribution in [3.63, 3.8) is 0 Å². The molecule has 1 aliphatic rings. The summed E-state index contributed by atoms with van der Waals surface area (Å²) in [5.41, 5.74) is 0.203. The third-order valence-corrected chi connectivity index (χ3v) is 3.35. The van der Waals surface area contributed by atoms with Gasteiger partial charge in [0.2, 0.25) is 0 Å². The van der Waals surface area contributed by atoms with E-state index in [0.29, 0.717) is 5.65 Å². The van der Waals surface area contributed by atoms with Crippen LogP contribution in [0.25, 0.3) is 5.65 Å². The minimum atomic E-state index is -4.43. The maximum atomic E-state index is 12.6. The van der Waals surface area contributed by atoms with Crippen molar-refractivity contribution in [3.05, 3.63) is 35.8 Å². The van der Waals surface area contributed by atoms with Crippen LogP contribution in [-0.4, -0.2) is 21.1 Å². The molecule has 6 heteroatoms. The summed E-state index contributed by atoms with van der Waals surface area (Å²) >= 11 is 0. The highest BCUT2D eigenvalue weighted by atomic mass is 19.4. The number of hydrogen-bond donors (Lipinski definition) is 1. The Hall–Kier alpha value is -1.56. The van der Waals surface area contributed by atoms with Crippen LogP contribution in [-0.2, 0) is 6.18 Å². The summed E-state index contributed by atoms with van der Waals surface area (Å²) in [5, 5.41) is 9.04. The van der Waals surface area contributed by atoms with Gasteiger partial charge in [-0.15, -0.1) is 0 Å². The minimum Gasteiger partial charge on any atom is -0.396 e. The summed E-state index contributed by atoms with van der Waals surface area (Å²) in [6.07, 6.45) is -2.59. The first-order valence-corrected chi connectivity index (χ1v) is 5.67. The van der Waals surface area contributed by atoms with Crippen molar-refractivity contribution in [3.8, 4) is 0 Å². The second-order valence-electron chi connectivity index (χ2n) is 4.59. The monoisotopic (exact) mass is 256 g/mol. The van der Waals surface area contributed by atoms with Gasteiger partial charge < -0.3 is 9.51 Å². The van der Waals surface area contributed by atoms with Crippen LogP contribution in [0.2, 0.25) is 0 Å². The number of nitrogens with zero attached hydrogens (tertiary/aromatic N) is 2. The molecule has 2 unspecified atom stereocenters. The van der Waals surface area contributed by atoms with Crippen LogP contribution >= 0.6 is 0 Å². The lowest BCUT2D eigenvalue weighted by atomic mass is 10.2. The number of pyridine rings is 1. The zero-order chi connectivity index (χ0) is 12.9. The SMILES string of the molecule is OCC1CC1c1cccc2nc(C(F)(F)F)cn12. The third-order valence-electron chi connectivity index (χ3n) is 3.35. The standard InChI is InChI=1S/C12H11F3N2O/c13-12(14,15)10-5-17-9(8-4-7(8)6-18)2-1-3-11(17)16-10/h1-3,5,7-8,18H,4,6H2. The first-order chi connectivity index (χ1) is 8.50. The first kappa shape index (κ1) is 11.5. The molecule has 0 radical (unpaired) electrons. The van der Waals surface area contributed by atoms with Crippen molar-refractivity contribution in [2.24, 2.45) is 5.92 Å². The van der Waals surface area contributed by atoms with Crippen LogP contribution in [0.15, 0.2) is 24.4 Å². The zero-order valence-electron chi connectivity index (χ0n) is 9.35. The fraction of sp³-hybridized carbons (Fsp3) is 0.417. The fourth-order valence-electron chi connectivity index (χ4n) is 2.28. The molecule has 0 saturated heterocycles. The number of hydrogen-bond acceptors (Lipinski definition) is 2. The molecule has 1 aliphatic carbocycles. The number of alkyl halides is 3. The molecule has 0 aliphatic heterocycles. The molecular weight excluding hydrogens is 245 g/mol. The summed E-state index contributed by atoms with van der Waals surface area (Å²) in [6.45, 7) is 0.0713. The van der Waals surface area contributed by atoms with Crippen LogP contribution in [0.5, 0.6) is 0 Å². The highest BCUT2D eigenvalue weighted by Crippen LogP contribution is 2.47. The maximum Gasteiger partial charge on any atom is 0.434 e. The molecular formula is C12H11F3N2O. The second-order valence-corrected chi connectivity index (χ2v) is 4.59. The molecule has 2 atom stereocenters. The van der Waals surface area contributed by atoms with E-state index >= 15 is 0 Å². The topological polar surface area (TPSA) is 37.5 Å². The van der Waals surface area contributed by atoms with Gasteiger partial charge in [0.25, 0.3) is 0 Å². The minimum absolute atomic E-state index is 0.0713. The van der Waals surface area contributed by atoms with E-state index in [1.165, 1.54) is 4.40 Å². The molecule has 96 valence electrons. The van der Waals surface area contributed by atoms with Gasteiger partial charge in [-0.1, -0.05) is 6.07 Å². The van der Waals surface area contributed by atoms with E-state index in [4.69, 9.17) is 5.11 Å². The van der Waals surface area contributed by atoms with Crippen molar-refractivity contribution < 1.29 is 18.3 Å². The van der Waals surface area contributed by atoms with Gasteiger partial charge in [0.1, 0.15) is 5.65 Å². The van der Waals surface area contributed by atoms with E-state index in [-0.39, 0.29) is 18.4 Å². The Morgan fingerprint density at radius 3 is 2.78 bits per heavy atom. The smallest absolute Gasteiger partial charge is 0.396 e. The second kappa shape index (κ2) is 3.71. The first-order valence-electron chi connectivity index (χ1n) is 5.67. The molecule has 1 N–H and O–H groups in total. The van der Waals surface area contributed by atoms with Crippen LogP contribution in [0, 0.1) is 5.92 Å². The van der Waals surface area contributed by atoms with Crippen molar-refractivity contribution in [1.29, 1.82) is 0 Å². The van der Waals surface area contributed by atoms with Crippen molar-refractivity contribution in [2.45, 2.75) is 18.5 Å². The molecule has 0 aromatic carbocycles. The molecule has 1 fully saturated rings. The Morgan fingerprint density at radius 2 is 2.17 bits per heavy atom. The third kappa shape index (κ3) is 1.77. The van der Waals surface area contributed by atoms with Crippen molar-refractivity contribution in [2.75, 3.05) is 6.61 Å². The summed E-state index contributed by atoms with van der Waals surface area (Å²) < 4.78 is 39.3. The maximum absolute atomic E-state index is 12.6. The van der Waals surface area contributed by atoms with Gasteiger partial charge in [-0.2, -0.15) is 13.2 Å². The molecule has 1 saturated carbocycles. The van der Waals surface area contributed by atoms with Gasteiger partial charge in [-0.3, -0.25) is 0 Å². The lowest BCUT2D eigenvalue weighted by Gasteiger charge is -2.03. The van der Waals surface area contributed by atoms with Gasteiger partial charge in [-0.25, -0.2) is 4.98 Å². The van der Waals surface area contributed by atoms with Crippen LogP contribution in [0.4, 0.5) is 13.2 Å². The summed E-state index contributed by atoms with van der Waals surface area (Å²) in [7, 11) is 0. The van der Waals surface area contributed by atoms with Crippen LogP contribution in [0.1, 0.15) is 23.7 Å². The molecule has 2 aromatic rings. The Kier molecular flexibility index (Phi) is 2.38. The van der Waals surface area contributed by atoms with E-state index in [1.807, 2.05) is 0 Å². The molecule has 2 aromatic heterocycles. The number of aliphatic hydroxyl groups is 1. The predicted molar refractivity (Wildman–Crippen MR) is 58.1 cm³/mol. The average molecular weight is 256 g/mol. The number of aromatic nitrogens is 2. The van der Waals surface area contributed by atoms with E-state index in [9.17, 15) is 13.2 Å². The van der Waals surface area contributed by atoms with Gasteiger partial charge in [0.05, 0.1) is 0 Å². The molecule has 2 heterocycles. The summed E-state index contributed by atoms with van der Waals surface area (Å²) in [4.78, 5) is 3.58. The molecule has 3 rings (SSSR count). The van der Waals surface area contributed by atoms with E-state index in [1.54, 1.807) is 18.2 Å². The number of imidazole rings is 1. The lowest BCUT2D eigenvalue weighted by molar-refractivity contribution is -0.140. The van der Waals surface area contributed by atoms with E-state index in [0.717, 1.165) is 18.3 Å². The summed E-state index contributed by atoms with van der Waals surface area (Å²) in [6, 6.07) is 5.04. The quantitative estimate of drug-likeness (QED) is 0.896. The van der Waals surface area contributed by atoms with Crippen LogP contribution < -0.4 is 0 Å². The fourth-order valence-corrected chi connectivity index (χ4v) is 2.28. The van der Waals surface area contributed by atoms with E-state index in [2.05, 4.69) is 4.98 Å². The largest absolute Gasteiger partial charge is 0.434 e. The molecule has 0 amide bonds.